The van der Waals surface area contributed by atoms with E-state index >= 15 is 0 Å². The van der Waals surface area contributed by atoms with Gasteiger partial charge in [-0.1, -0.05) is 19.1 Å². The van der Waals surface area contributed by atoms with Crippen LogP contribution in [0.2, 0.25) is 0 Å². The van der Waals surface area contributed by atoms with Crippen molar-refractivity contribution < 1.29 is 9.21 Å². The molecule has 1 aromatic carbocycles. The quantitative estimate of drug-likeness (QED) is 0.672. The molecule has 0 radical (unpaired) electrons. The molecular weight excluding hydrogens is 334 g/mol. The average molecular weight is 357 g/mol. The number of thiazole rings is 1. The number of carbonyl (C=O) groups is 1. The van der Waals surface area contributed by atoms with Gasteiger partial charge < -0.3 is 9.73 Å². The second-order valence-electron chi connectivity index (χ2n) is 6.17. The van der Waals surface area contributed by atoms with Crippen LogP contribution in [0.15, 0.2) is 40.8 Å². The molecule has 3 aromatic rings. The second-order valence-corrected chi connectivity index (χ2v) is 7.20. The zero-order chi connectivity index (χ0) is 17.8. The minimum absolute atomic E-state index is 0.00676. The van der Waals surface area contributed by atoms with Crippen LogP contribution < -0.4 is 10.6 Å². The summed E-state index contributed by atoms with van der Waals surface area (Å²) in [6.45, 7) is 6.41. The summed E-state index contributed by atoms with van der Waals surface area (Å²) in [5.41, 5.74) is 0.980. The Morgan fingerprint density at radius 3 is 2.80 bits per heavy atom. The van der Waals surface area contributed by atoms with Gasteiger partial charge in [0.2, 0.25) is 5.91 Å². The molecule has 0 bridgehead atoms. The van der Waals surface area contributed by atoms with Crippen molar-refractivity contribution in [3.63, 3.8) is 0 Å². The zero-order valence-electron chi connectivity index (χ0n) is 14.7. The number of para-hydroxylation sites is 1. The molecule has 6 heteroatoms. The second kappa shape index (κ2) is 7.80. The van der Waals surface area contributed by atoms with E-state index in [0.29, 0.717) is 6.54 Å². The molecule has 2 atom stereocenters. The summed E-state index contributed by atoms with van der Waals surface area (Å²) in [5, 5.41) is 7.04. The zero-order valence-corrected chi connectivity index (χ0v) is 15.5. The highest BCUT2D eigenvalue weighted by atomic mass is 32.1. The van der Waals surface area contributed by atoms with Gasteiger partial charge in [0.25, 0.3) is 0 Å². The Morgan fingerprint density at radius 2 is 2.04 bits per heavy atom. The van der Waals surface area contributed by atoms with Gasteiger partial charge in [0.05, 0.1) is 22.8 Å². The lowest BCUT2D eigenvalue weighted by Crippen LogP contribution is -2.44. The minimum atomic E-state index is -0.273. The summed E-state index contributed by atoms with van der Waals surface area (Å²) in [6, 6.07) is 11.8. The van der Waals surface area contributed by atoms with Crippen molar-refractivity contribution in [3.8, 4) is 10.8 Å². The number of aromatic nitrogens is 1. The molecule has 1 amide bonds. The van der Waals surface area contributed by atoms with Gasteiger partial charge in [0.15, 0.2) is 10.8 Å². The smallest absolute Gasteiger partial charge is 0.237 e. The Hall–Kier alpha value is -2.18. The average Bonchev–Trinajstić information content (AvgIpc) is 3.25. The van der Waals surface area contributed by atoms with Gasteiger partial charge in [0.1, 0.15) is 5.76 Å². The van der Waals surface area contributed by atoms with Crippen LogP contribution in [0.4, 0.5) is 0 Å². The van der Waals surface area contributed by atoms with E-state index in [2.05, 4.69) is 28.6 Å². The van der Waals surface area contributed by atoms with E-state index in [9.17, 15) is 4.79 Å². The summed E-state index contributed by atoms with van der Waals surface area (Å²) in [5.74, 6) is 1.56. The molecule has 0 saturated carbocycles. The molecule has 0 saturated heterocycles. The maximum atomic E-state index is 12.0. The summed E-state index contributed by atoms with van der Waals surface area (Å²) in [7, 11) is 0. The Balaban J connectivity index is 1.61. The number of furan rings is 1. The van der Waals surface area contributed by atoms with Crippen molar-refractivity contribution in [2.45, 2.75) is 45.8 Å². The van der Waals surface area contributed by atoms with E-state index in [-0.39, 0.29) is 18.0 Å². The molecule has 0 aliphatic carbocycles. The highest BCUT2D eigenvalue weighted by Gasteiger charge is 2.15. The summed E-state index contributed by atoms with van der Waals surface area (Å²) < 4.78 is 7.03. The number of nitrogens with one attached hydrogen (secondary N) is 2. The van der Waals surface area contributed by atoms with E-state index in [1.807, 2.05) is 44.2 Å². The van der Waals surface area contributed by atoms with Crippen molar-refractivity contribution in [2.24, 2.45) is 0 Å². The van der Waals surface area contributed by atoms with E-state index in [4.69, 9.17) is 4.42 Å². The lowest BCUT2D eigenvalue weighted by Gasteiger charge is -2.16. The molecule has 5 nitrogen and oxygen atoms in total. The van der Waals surface area contributed by atoms with Gasteiger partial charge in [-0.25, -0.2) is 4.98 Å². The van der Waals surface area contributed by atoms with Crippen LogP contribution in [-0.2, 0) is 11.3 Å². The fraction of sp³-hybridized carbons (Fsp3) is 0.368. The SMILES string of the molecule is CCC(C)NC(=O)C(C)NCc1ccc(-c2nc3ccccc3s2)o1. The van der Waals surface area contributed by atoms with Gasteiger partial charge in [-0.2, -0.15) is 0 Å². The minimum Gasteiger partial charge on any atom is -0.457 e. The predicted octanol–water partition coefficient (Wildman–Crippen LogP) is 3.95. The van der Waals surface area contributed by atoms with Crippen molar-refractivity contribution >= 4 is 27.5 Å². The number of carbonyl (C=O) groups excluding carboxylic acids is 1. The molecule has 2 heterocycles. The first-order valence-electron chi connectivity index (χ1n) is 8.55. The Labute approximate surface area is 151 Å². The highest BCUT2D eigenvalue weighted by Crippen LogP contribution is 2.31. The van der Waals surface area contributed by atoms with E-state index in [1.165, 1.54) is 0 Å². The number of hydrogen-bond acceptors (Lipinski definition) is 5. The van der Waals surface area contributed by atoms with Crippen LogP contribution in [0.5, 0.6) is 0 Å². The number of nitrogens with zero attached hydrogens (tertiary/aromatic N) is 1. The number of amides is 1. The topological polar surface area (TPSA) is 67.2 Å². The lowest BCUT2D eigenvalue weighted by atomic mass is 10.2. The third-order valence-corrected chi connectivity index (χ3v) is 5.19. The fourth-order valence-corrected chi connectivity index (χ4v) is 3.31. The Bertz CT molecular complexity index is 822. The Morgan fingerprint density at radius 1 is 1.24 bits per heavy atom. The fourth-order valence-electron chi connectivity index (χ4n) is 2.38. The Kier molecular flexibility index (Phi) is 5.50. The number of benzene rings is 1. The van der Waals surface area contributed by atoms with E-state index < -0.39 is 0 Å². The first-order chi connectivity index (χ1) is 12.1. The molecule has 0 spiro atoms. The summed E-state index contributed by atoms with van der Waals surface area (Å²) >= 11 is 1.61. The van der Waals surface area contributed by atoms with E-state index in [0.717, 1.165) is 33.2 Å². The predicted molar refractivity (Wildman–Crippen MR) is 102 cm³/mol. The van der Waals surface area contributed by atoms with Gasteiger partial charge in [-0.3, -0.25) is 10.1 Å². The first-order valence-corrected chi connectivity index (χ1v) is 9.37. The molecule has 2 N–H and O–H groups in total. The molecule has 0 aliphatic rings. The van der Waals surface area contributed by atoms with Crippen molar-refractivity contribution in [1.82, 2.24) is 15.6 Å². The molecule has 0 aliphatic heterocycles. The van der Waals surface area contributed by atoms with Crippen LogP contribution >= 0.6 is 11.3 Å². The molecule has 132 valence electrons. The van der Waals surface area contributed by atoms with Gasteiger partial charge in [-0.15, -0.1) is 11.3 Å². The first kappa shape index (κ1) is 17.6. The van der Waals surface area contributed by atoms with E-state index in [1.54, 1.807) is 11.3 Å². The van der Waals surface area contributed by atoms with Crippen molar-refractivity contribution in [3.05, 3.63) is 42.2 Å². The number of hydrogen-bond donors (Lipinski definition) is 2. The highest BCUT2D eigenvalue weighted by molar-refractivity contribution is 7.21. The summed E-state index contributed by atoms with van der Waals surface area (Å²) in [4.78, 5) is 16.6. The van der Waals surface area contributed by atoms with Crippen LogP contribution in [0.1, 0.15) is 33.0 Å². The standard InChI is InChI=1S/C19H23N3O2S/c1-4-12(2)21-18(23)13(3)20-11-14-9-10-16(24-14)19-22-15-7-5-6-8-17(15)25-19/h5-10,12-13,20H,4,11H2,1-3H3,(H,21,23). The van der Waals surface area contributed by atoms with Gasteiger partial charge in [-0.05, 0) is 44.5 Å². The molecule has 0 fully saturated rings. The van der Waals surface area contributed by atoms with Crippen LogP contribution in [0, 0.1) is 0 Å². The van der Waals surface area contributed by atoms with Crippen LogP contribution in [0.3, 0.4) is 0 Å². The normalized spacial score (nSPS) is 13.7. The largest absolute Gasteiger partial charge is 0.457 e. The van der Waals surface area contributed by atoms with Crippen molar-refractivity contribution in [2.75, 3.05) is 0 Å². The van der Waals surface area contributed by atoms with Gasteiger partial charge in [0, 0.05) is 6.04 Å². The molecule has 2 unspecified atom stereocenters. The third-order valence-electron chi connectivity index (χ3n) is 4.14. The van der Waals surface area contributed by atoms with Crippen LogP contribution in [0.25, 0.3) is 21.0 Å². The molecular formula is C19H23N3O2S. The van der Waals surface area contributed by atoms with Crippen LogP contribution in [-0.4, -0.2) is 23.0 Å². The molecule has 3 rings (SSSR count). The number of rotatable bonds is 7. The third kappa shape index (κ3) is 4.27. The maximum Gasteiger partial charge on any atom is 0.237 e. The molecule has 25 heavy (non-hydrogen) atoms. The lowest BCUT2D eigenvalue weighted by molar-refractivity contribution is -0.123. The van der Waals surface area contributed by atoms with Gasteiger partial charge >= 0.3 is 0 Å². The number of fused-ring (bicyclic) bond motifs is 1. The summed E-state index contributed by atoms with van der Waals surface area (Å²) in [6.07, 6.45) is 0.919. The maximum absolute atomic E-state index is 12.0. The molecule has 2 aromatic heterocycles. The monoisotopic (exact) mass is 357 g/mol. The van der Waals surface area contributed by atoms with Crippen molar-refractivity contribution in [1.29, 1.82) is 0 Å².